The fourth-order valence-electron chi connectivity index (χ4n) is 4.38. The van der Waals surface area contributed by atoms with Crippen molar-refractivity contribution in [3.63, 3.8) is 0 Å². The van der Waals surface area contributed by atoms with E-state index in [9.17, 15) is 5.11 Å². The van der Waals surface area contributed by atoms with E-state index in [2.05, 4.69) is 20.8 Å². The molecule has 2 fully saturated rings. The van der Waals surface area contributed by atoms with E-state index in [4.69, 9.17) is 11.6 Å². The second kappa shape index (κ2) is 3.28. The maximum atomic E-state index is 11.4. The first kappa shape index (κ1) is 12.0. The summed E-state index contributed by atoms with van der Waals surface area (Å²) in [4.78, 5) is 0.980. The van der Waals surface area contributed by atoms with Gasteiger partial charge in [-0.15, -0.1) is 11.3 Å². The van der Waals surface area contributed by atoms with Crippen molar-refractivity contribution in [3.05, 3.63) is 21.3 Å². The molecule has 0 spiro atoms. The van der Waals surface area contributed by atoms with Crippen molar-refractivity contribution < 1.29 is 5.11 Å². The summed E-state index contributed by atoms with van der Waals surface area (Å²) >= 11 is 7.89. The molecule has 3 rings (SSSR count). The van der Waals surface area contributed by atoms with Gasteiger partial charge in [0.15, 0.2) is 0 Å². The molecule has 2 saturated carbocycles. The first-order valence-electron chi connectivity index (χ1n) is 6.29. The van der Waals surface area contributed by atoms with Gasteiger partial charge in [-0.05, 0) is 36.6 Å². The molecule has 1 aromatic heterocycles. The number of thiophene rings is 1. The predicted octanol–water partition coefficient (Wildman–Crippen LogP) is 4.44. The average Bonchev–Trinajstić information content (AvgIpc) is 2.86. The van der Waals surface area contributed by atoms with Crippen LogP contribution in [-0.4, -0.2) is 5.11 Å². The van der Waals surface area contributed by atoms with Crippen LogP contribution in [0.3, 0.4) is 0 Å². The minimum absolute atomic E-state index is 0.00431. The van der Waals surface area contributed by atoms with Crippen molar-refractivity contribution in [2.75, 3.05) is 0 Å². The summed E-state index contributed by atoms with van der Waals surface area (Å²) in [7, 11) is 0. The summed E-state index contributed by atoms with van der Waals surface area (Å²) in [5.74, 6) is 0.621. The monoisotopic (exact) mass is 270 g/mol. The Labute approximate surface area is 112 Å². The molecule has 2 bridgehead atoms. The van der Waals surface area contributed by atoms with Crippen LogP contribution in [0.1, 0.15) is 44.9 Å². The van der Waals surface area contributed by atoms with E-state index in [0.717, 1.165) is 22.7 Å². The van der Waals surface area contributed by atoms with E-state index in [0.29, 0.717) is 5.92 Å². The largest absolute Gasteiger partial charge is 0.383 e. The summed E-state index contributed by atoms with van der Waals surface area (Å²) in [5.41, 5.74) is -0.835. The third kappa shape index (κ3) is 1.20. The lowest BCUT2D eigenvalue weighted by Crippen LogP contribution is -2.51. The number of aliphatic hydroxyl groups is 1. The number of halogens is 1. The van der Waals surface area contributed by atoms with Crippen LogP contribution >= 0.6 is 22.9 Å². The molecule has 3 heteroatoms. The first-order valence-corrected chi connectivity index (χ1v) is 7.54. The topological polar surface area (TPSA) is 20.2 Å². The highest BCUT2D eigenvalue weighted by molar-refractivity contribution is 7.10. The van der Waals surface area contributed by atoms with Gasteiger partial charge in [-0.25, -0.2) is 0 Å². The van der Waals surface area contributed by atoms with E-state index >= 15 is 0 Å². The quantitative estimate of drug-likeness (QED) is 0.800. The molecule has 3 unspecified atom stereocenters. The van der Waals surface area contributed by atoms with Gasteiger partial charge in [0.25, 0.3) is 0 Å². The van der Waals surface area contributed by atoms with Crippen LogP contribution in [0.2, 0.25) is 5.02 Å². The van der Waals surface area contributed by atoms with Crippen LogP contribution in [0.15, 0.2) is 11.4 Å². The number of hydrogen-bond acceptors (Lipinski definition) is 2. The maximum absolute atomic E-state index is 11.4. The molecular formula is C14H19ClOS. The van der Waals surface area contributed by atoms with Crippen LogP contribution in [0.4, 0.5) is 0 Å². The summed E-state index contributed by atoms with van der Waals surface area (Å²) in [6, 6.07) is 1.91. The lowest BCUT2D eigenvalue weighted by atomic mass is 9.60. The second-order valence-corrected chi connectivity index (χ2v) is 7.85. The van der Waals surface area contributed by atoms with Gasteiger partial charge < -0.3 is 5.11 Å². The lowest BCUT2D eigenvalue weighted by molar-refractivity contribution is -0.148. The van der Waals surface area contributed by atoms with Gasteiger partial charge >= 0.3 is 0 Å². The van der Waals surface area contributed by atoms with Gasteiger partial charge in [0.05, 0.1) is 9.90 Å². The molecule has 0 aliphatic heterocycles. The Balaban J connectivity index is 2.21. The van der Waals surface area contributed by atoms with E-state index in [-0.39, 0.29) is 10.8 Å². The Hall–Kier alpha value is -0.0500. The summed E-state index contributed by atoms with van der Waals surface area (Å²) in [6.45, 7) is 6.65. The number of rotatable bonds is 1. The minimum Gasteiger partial charge on any atom is -0.383 e. The van der Waals surface area contributed by atoms with Gasteiger partial charge in [0.1, 0.15) is 5.60 Å². The maximum Gasteiger partial charge on any atom is 0.111 e. The Bertz CT molecular complexity index is 460. The van der Waals surface area contributed by atoms with Crippen LogP contribution in [0.5, 0.6) is 0 Å². The Kier molecular flexibility index (Phi) is 2.32. The van der Waals surface area contributed by atoms with Crippen molar-refractivity contribution in [1.29, 1.82) is 0 Å². The second-order valence-electron chi connectivity index (χ2n) is 6.53. The molecule has 0 amide bonds. The molecule has 17 heavy (non-hydrogen) atoms. The Morgan fingerprint density at radius 1 is 1.41 bits per heavy atom. The molecule has 1 nitrogen and oxygen atoms in total. The third-order valence-corrected chi connectivity index (χ3v) is 6.96. The van der Waals surface area contributed by atoms with Gasteiger partial charge in [-0.1, -0.05) is 32.4 Å². The van der Waals surface area contributed by atoms with Gasteiger partial charge in [0, 0.05) is 10.8 Å². The molecule has 0 saturated heterocycles. The summed E-state index contributed by atoms with van der Waals surface area (Å²) < 4.78 is 0. The molecule has 2 aliphatic rings. The normalized spacial score (nSPS) is 43.2. The van der Waals surface area contributed by atoms with Gasteiger partial charge in [0.2, 0.25) is 0 Å². The smallest absolute Gasteiger partial charge is 0.111 e. The molecule has 0 radical (unpaired) electrons. The fourth-order valence-corrected chi connectivity index (χ4v) is 5.99. The highest BCUT2D eigenvalue weighted by Crippen LogP contribution is 2.72. The van der Waals surface area contributed by atoms with E-state index in [1.807, 2.05) is 11.4 Å². The van der Waals surface area contributed by atoms with Crippen LogP contribution in [0, 0.1) is 16.7 Å². The summed E-state index contributed by atoms with van der Waals surface area (Å²) in [5, 5.41) is 14.2. The Morgan fingerprint density at radius 3 is 2.59 bits per heavy atom. The van der Waals surface area contributed by atoms with E-state index in [1.54, 1.807) is 11.3 Å². The van der Waals surface area contributed by atoms with Gasteiger partial charge in [-0.3, -0.25) is 0 Å². The van der Waals surface area contributed by atoms with E-state index in [1.165, 1.54) is 6.42 Å². The SMILES string of the molecule is CC12CCC(C1)C(C)(C)C2(O)c1sccc1Cl. The standard InChI is InChI=1S/C14H19ClOS/c1-12(2)9-4-6-13(3,8-9)14(12,16)11-10(15)5-7-17-11/h5,7,9,16H,4,6,8H2,1-3H3. The fraction of sp³-hybridized carbons (Fsp3) is 0.714. The molecule has 1 aromatic rings. The zero-order chi connectivity index (χ0) is 12.5. The molecule has 94 valence electrons. The van der Waals surface area contributed by atoms with Crippen molar-refractivity contribution in [3.8, 4) is 0 Å². The van der Waals surface area contributed by atoms with Crippen molar-refractivity contribution in [2.24, 2.45) is 16.7 Å². The van der Waals surface area contributed by atoms with Crippen molar-refractivity contribution in [2.45, 2.75) is 45.6 Å². The molecule has 3 atom stereocenters. The van der Waals surface area contributed by atoms with Crippen LogP contribution < -0.4 is 0 Å². The molecule has 0 aromatic carbocycles. The van der Waals surface area contributed by atoms with Crippen molar-refractivity contribution in [1.82, 2.24) is 0 Å². The van der Waals surface area contributed by atoms with Gasteiger partial charge in [-0.2, -0.15) is 0 Å². The molecular weight excluding hydrogens is 252 g/mol. The number of fused-ring (bicyclic) bond motifs is 2. The van der Waals surface area contributed by atoms with Crippen LogP contribution in [-0.2, 0) is 5.60 Å². The Morgan fingerprint density at radius 2 is 2.12 bits per heavy atom. The highest BCUT2D eigenvalue weighted by atomic mass is 35.5. The summed E-state index contributed by atoms with van der Waals surface area (Å²) in [6.07, 6.45) is 3.49. The highest BCUT2D eigenvalue weighted by Gasteiger charge is 2.69. The average molecular weight is 271 g/mol. The molecule has 2 aliphatic carbocycles. The first-order chi connectivity index (χ1) is 7.83. The lowest BCUT2D eigenvalue weighted by Gasteiger charge is -2.50. The molecule has 1 N–H and O–H groups in total. The zero-order valence-corrected chi connectivity index (χ0v) is 12.2. The number of hydrogen-bond donors (Lipinski definition) is 1. The minimum atomic E-state index is -0.756. The van der Waals surface area contributed by atoms with E-state index < -0.39 is 5.60 Å². The predicted molar refractivity (Wildman–Crippen MR) is 72.5 cm³/mol. The zero-order valence-electron chi connectivity index (χ0n) is 10.6. The molecule has 1 heterocycles. The van der Waals surface area contributed by atoms with Crippen LogP contribution in [0.25, 0.3) is 0 Å². The third-order valence-electron chi connectivity index (χ3n) is 5.51. The van der Waals surface area contributed by atoms with Crippen molar-refractivity contribution >= 4 is 22.9 Å².